The number of anilines is 1. The number of nitrogens with one attached hydrogen (secondary N) is 1. The number of carbonyl (C=O) groups is 2. The second-order valence-corrected chi connectivity index (χ2v) is 12.4. The molecule has 2 amide bonds. The van der Waals surface area contributed by atoms with Gasteiger partial charge in [0.05, 0.1) is 16.9 Å². The van der Waals surface area contributed by atoms with E-state index in [9.17, 15) is 28.1 Å². The molecule has 10 nitrogen and oxygen atoms in total. The van der Waals surface area contributed by atoms with Gasteiger partial charge in [0.15, 0.2) is 0 Å². The van der Waals surface area contributed by atoms with Gasteiger partial charge < -0.3 is 10.2 Å². The molecule has 0 fully saturated rings. The minimum absolute atomic E-state index is 0.0208. The lowest BCUT2D eigenvalue weighted by Gasteiger charge is -2.33. The zero-order valence-electron chi connectivity index (χ0n) is 21.4. The normalized spacial score (nSPS) is 12.5. The fourth-order valence-electron chi connectivity index (χ4n) is 3.49. The van der Waals surface area contributed by atoms with Crippen molar-refractivity contribution in [1.82, 2.24) is 10.2 Å². The van der Waals surface area contributed by atoms with Crippen LogP contribution in [-0.4, -0.2) is 54.4 Å². The first-order valence-corrected chi connectivity index (χ1v) is 13.8. The molecule has 0 heterocycles. The first-order chi connectivity index (χ1) is 16.9. The highest BCUT2D eigenvalue weighted by atomic mass is 35.5. The van der Waals surface area contributed by atoms with Crippen molar-refractivity contribution >= 4 is 56.4 Å². The first kappa shape index (κ1) is 30.3. The van der Waals surface area contributed by atoms with E-state index >= 15 is 0 Å². The zero-order chi connectivity index (χ0) is 28.3. The smallest absolute Gasteiger partial charge is 0.271 e. The summed E-state index contributed by atoms with van der Waals surface area (Å²) >= 11 is 12.6. The Bertz CT molecular complexity index is 1290. The standard InChI is InChI=1S/C24H30Cl2N4O6S/c1-15-10-11-17(30(33)34)12-21(15)29(37(6,35)36)14-22(31)28(16(2)23(32)27-24(3,4)5)13-18-19(25)8-7-9-20(18)26/h7-12,16H,13-14H2,1-6H3,(H,27,32)/t16-/m1/s1. The molecule has 2 aromatic rings. The Labute approximate surface area is 226 Å². The second-order valence-electron chi connectivity index (χ2n) is 9.63. The molecule has 1 atom stereocenters. The molecule has 0 saturated carbocycles. The topological polar surface area (TPSA) is 130 Å². The number of carbonyl (C=O) groups excluding carboxylic acids is 2. The van der Waals surface area contributed by atoms with Crippen LogP contribution < -0.4 is 9.62 Å². The van der Waals surface area contributed by atoms with Crippen molar-refractivity contribution in [3.63, 3.8) is 0 Å². The number of sulfonamides is 1. The highest BCUT2D eigenvalue weighted by Gasteiger charge is 2.33. The predicted octanol–water partition coefficient (Wildman–Crippen LogP) is 4.31. The lowest BCUT2D eigenvalue weighted by molar-refractivity contribution is -0.384. The average Bonchev–Trinajstić information content (AvgIpc) is 2.75. The van der Waals surface area contributed by atoms with Gasteiger partial charge in [0.25, 0.3) is 5.69 Å². The van der Waals surface area contributed by atoms with E-state index in [4.69, 9.17) is 23.2 Å². The van der Waals surface area contributed by atoms with Gasteiger partial charge in [0.1, 0.15) is 12.6 Å². The molecule has 0 aliphatic heterocycles. The molecular formula is C24H30Cl2N4O6S. The van der Waals surface area contributed by atoms with Gasteiger partial charge in [-0.05, 0) is 52.3 Å². The SMILES string of the molecule is Cc1ccc([N+](=O)[O-])cc1N(CC(=O)N(Cc1c(Cl)cccc1Cl)[C@H](C)C(=O)NC(C)(C)C)S(C)(=O)=O. The van der Waals surface area contributed by atoms with E-state index in [0.717, 1.165) is 16.6 Å². The lowest BCUT2D eigenvalue weighted by Crippen LogP contribution is -2.54. The van der Waals surface area contributed by atoms with Gasteiger partial charge in [0.2, 0.25) is 21.8 Å². The van der Waals surface area contributed by atoms with Gasteiger partial charge in [-0.15, -0.1) is 0 Å². The number of halogens is 2. The van der Waals surface area contributed by atoms with Gasteiger partial charge >= 0.3 is 0 Å². The first-order valence-electron chi connectivity index (χ1n) is 11.2. The number of hydrogen-bond acceptors (Lipinski definition) is 6. The Morgan fingerprint density at radius 1 is 1.14 bits per heavy atom. The summed E-state index contributed by atoms with van der Waals surface area (Å²) < 4.78 is 26.3. The van der Waals surface area contributed by atoms with Crippen LogP contribution in [0.3, 0.4) is 0 Å². The Hall–Kier alpha value is -2.89. The third-order valence-electron chi connectivity index (χ3n) is 5.41. The monoisotopic (exact) mass is 572 g/mol. The third-order valence-corrected chi connectivity index (χ3v) is 7.24. The largest absolute Gasteiger partial charge is 0.350 e. The summed E-state index contributed by atoms with van der Waals surface area (Å²) in [6, 6.07) is 7.50. The second kappa shape index (κ2) is 11.7. The summed E-state index contributed by atoms with van der Waals surface area (Å²) in [6.45, 7) is 7.54. The van der Waals surface area contributed by atoms with E-state index in [2.05, 4.69) is 5.32 Å². The van der Waals surface area contributed by atoms with Gasteiger partial charge in [0, 0.05) is 39.8 Å². The predicted molar refractivity (Wildman–Crippen MR) is 144 cm³/mol. The maximum atomic E-state index is 13.7. The number of nitro benzene ring substituents is 1. The van der Waals surface area contributed by atoms with Crippen LogP contribution in [0, 0.1) is 17.0 Å². The van der Waals surface area contributed by atoms with Crippen LogP contribution in [0.15, 0.2) is 36.4 Å². The molecule has 1 N–H and O–H groups in total. The number of nitro groups is 1. The van der Waals surface area contributed by atoms with Gasteiger partial charge in [-0.3, -0.25) is 24.0 Å². The zero-order valence-corrected chi connectivity index (χ0v) is 23.7. The molecular weight excluding hydrogens is 543 g/mol. The van der Waals surface area contributed by atoms with E-state index in [0.29, 0.717) is 11.1 Å². The Kier molecular flexibility index (Phi) is 9.56. The van der Waals surface area contributed by atoms with Gasteiger partial charge in [-0.1, -0.05) is 35.3 Å². The fourth-order valence-corrected chi connectivity index (χ4v) is 4.90. The van der Waals surface area contributed by atoms with Crippen molar-refractivity contribution in [2.24, 2.45) is 0 Å². The number of benzene rings is 2. The van der Waals surface area contributed by atoms with Gasteiger partial charge in [-0.2, -0.15) is 0 Å². The molecule has 37 heavy (non-hydrogen) atoms. The quantitative estimate of drug-likeness (QED) is 0.352. The summed E-state index contributed by atoms with van der Waals surface area (Å²) in [5.74, 6) is -1.20. The van der Waals surface area contributed by atoms with Crippen molar-refractivity contribution in [3.8, 4) is 0 Å². The molecule has 0 bridgehead atoms. The van der Waals surface area contributed by atoms with Crippen LogP contribution in [0.5, 0.6) is 0 Å². The maximum absolute atomic E-state index is 13.7. The number of aryl methyl sites for hydroxylation is 1. The van der Waals surface area contributed by atoms with Crippen molar-refractivity contribution in [2.45, 2.75) is 52.7 Å². The Balaban J connectivity index is 2.56. The van der Waals surface area contributed by atoms with Crippen LogP contribution >= 0.6 is 23.2 Å². The molecule has 0 radical (unpaired) electrons. The molecule has 202 valence electrons. The van der Waals surface area contributed by atoms with E-state index in [1.165, 1.54) is 24.0 Å². The van der Waals surface area contributed by atoms with E-state index in [1.54, 1.807) is 45.9 Å². The number of hydrogen-bond donors (Lipinski definition) is 1. The summed E-state index contributed by atoms with van der Waals surface area (Å²) in [5, 5.41) is 14.6. The number of amides is 2. The summed E-state index contributed by atoms with van der Waals surface area (Å²) in [4.78, 5) is 38.5. The Morgan fingerprint density at radius 2 is 1.70 bits per heavy atom. The minimum atomic E-state index is -4.06. The van der Waals surface area contributed by atoms with Crippen LogP contribution in [0.1, 0.15) is 38.8 Å². The third kappa shape index (κ3) is 8.05. The van der Waals surface area contributed by atoms with Crippen molar-refractivity contribution < 1.29 is 22.9 Å². The summed E-state index contributed by atoms with van der Waals surface area (Å²) in [6.07, 6.45) is 0.892. The van der Waals surface area contributed by atoms with Gasteiger partial charge in [-0.25, -0.2) is 8.42 Å². The highest BCUT2D eigenvalue weighted by molar-refractivity contribution is 7.92. The number of rotatable bonds is 9. The Morgan fingerprint density at radius 3 is 2.19 bits per heavy atom. The molecule has 0 spiro atoms. The van der Waals surface area contributed by atoms with Crippen LogP contribution in [0.4, 0.5) is 11.4 Å². The molecule has 0 aromatic heterocycles. The van der Waals surface area contributed by atoms with Crippen molar-refractivity contribution in [3.05, 3.63) is 67.7 Å². The molecule has 13 heteroatoms. The fraction of sp³-hybridized carbons (Fsp3) is 0.417. The van der Waals surface area contributed by atoms with E-state index in [-0.39, 0.29) is 28.0 Å². The van der Waals surface area contributed by atoms with Crippen LogP contribution in [-0.2, 0) is 26.2 Å². The van der Waals surface area contributed by atoms with Crippen LogP contribution in [0.25, 0.3) is 0 Å². The van der Waals surface area contributed by atoms with Crippen molar-refractivity contribution in [1.29, 1.82) is 0 Å². The molecule has 0 saturated heterocycles. The molecule has 0 unspecified atom stereocenters. The van der Waals surface area contributed by atoms with E-state index < -0.39 is 44.9 Å². The number of nitrogens with zero attached hydrogens (tertiary/aromatic N) is 3. The van der Waals surface area contributed by atoms with E-state index in [1.807, 2.05) is 0 Å². The van der Waals surface area contributed by atoms with Crippen LogP contribution in [0.2, 0.25) is 10.0 Å². The number of non-ortho nitro benzene ring substituents is 1. The average molecular weight is 573 g/mol. The lowest BCUT2D eigenvalue weighted by atomic mass is 10.1. The highest BCUT2D eigenvalue weighted by Crippen LogP contribution is 2.29. The molecule has 2 rings (SSSR count). The maximum Gasteiger partial charge on any atom is 0.271 e. The van der Waals surface area contributed by atoms with Crippen molar-refractivity contribution in [2.75, 3.05) is 17.1 Å². The summed E-state index contributed by atoms with van der Waals surface area (Å²) in [5.41, 5.74) is -0.164. The minimum Gasteiger partial charge on any atom is -0.350 e. The summed E-state index contributed by atoms with van der Waals surface area (Å²) in [7, 11) is -4.06. The molecule has 0 aliphatic carbocycles. The molecule has 2 aromatic carbocycles. The molecule has 0 aliphatic rings.